The molecule has 1 aliphatic heterocycles. The number of rotatable bonds is 6. The van der Waals surface area contributed by atoms with Gasteiger partial charge in [0, 0.05) is 36.6 Å². The predicted octanol–water partition coefficient (Wildman–Crippen LogP) is 2.68. The Hall–Kier alpha value is -2.20. The quantitative estimate of drug-likeness (QED) is 0.684. The Bertz CT molecular complexity index is 890. The zero-order valence-corrected chi connectivity index (χ0v) is 16.3. The molecule has 0 radical (unpaired) electrons. The van der Waals surface area contributed by atoms with Crippen LogP contribution in [0.25, 0.3) is 10.7 Å². The lowest BCUT2D eigenvalue weighted by atomic mass is 10.3. The van der Waals surface area contributed by atoms with Crippen LogP contribution in [0.2, 0.25) is 0 Å². The number of hydrogen-bond donors (Lipinski definition) is 1. The molecule has 3 aromatic heterocycles. The first-order valence-corrected chi connectivity index (χ1v) is 10.4. The van der Waals surface area contributed by atoms with E-state index in [1.807, 2.05) is 29.0 Å². The summed E-state index contributed by atoms with van der Waals surface area (Å²) in [5.74, 6) is -0.111. The number of thiazole rings is 2. The van der Waals surface area contributed by atoms with Gasteiger partial charge in [-0.05, 0) is 12.1 Å². The first kappa shape index (κ1) is 18.2. The molecule has 7 nitrogen and oxygen atoms in total. The summed E-state index contributed by atoms with van der Waals surface area (Å²) in [7, 11) is 0. The van der Waals surface area contributed by atoms with Gasteiger partial charge in [0.1, 0.15) is 5.01 Å². The van der Waals surface area contributed by atoms with E-state index >= 15 is 0 Å². The Morgan fingerprint density at radius 3 is 2.81 bits per heavy atom. The zero-order chi connectivity index (χ0) is 18.5. The fraction of sp³-hybridized carbons (Fsp3) is 0.333. The van der Waals surface area contributed by atoms with Crippen molar-refractivity contribution in [3.63, 3.8) is 0 Å². The van der Waals surface area contributed by atoms with E-state index in [0.717, 1.165) is 54.9 Å². The van der Waals surface area contributed by atoms with Crippen LogP contribution in [0.4, 0.5) is 5.13 Å². The van der Waals surface area contributed by atoms with Crippen LogP contribution in [0.5, 0.6) is 0 Å². The van der Waals surface area contributed by atoms with Crippen molar-refractivity contribution in [1.82, 2.24) is 19.9 Å². The lowest BCUT2D eigenvalue weighted by Gasteiger charge is -2.25. The van der Waals surface area contributed by atoms with Gasteiger partial charge in [-0.15, -0.1) is 22.7 Å². The summed E-state index contributed by atoms with van der Waals surface area (Å²) in [5, 5.41) is 8.21. The molecule has 1 aliphatic rings. The summed E-state index contributed by atoms with van der Waals surface area (Å²) in [6, 6.07) is 5.70. The van der Waals surface area contributed by atoms with E-state index in [1.54, 1.807) is 6.20 Å². The molecule has 4 heterocycles. The number of nitrogens with one attached hydrogen (secondary N) is 1. The third kappa shape index (κ3) is 4.95. The van der Waals surface area contributed by atoms with Crippen molar-refractivity contribution < 1.29 is 9.53 Å². The molecule has 0 saturated carbocycles. The number of aromatic nitrogens is 3. The van der Waals surface area contributed by atoms with Crippen LogP contribution >= 0.6 is 22.7 Å². The smallest absolute Gasteiger partial charge is 0.232 e. The second-order valence-corrected chi connectivity index (χ2v) is 7.83. The molecule has 140 valence electrons. The maximum absolute atomic E-state index is 12.3. The van der Waals surface area contributed by atoms with Crippen LogP contribution in [0, 0.1) is 0 Å². The summed E-state index contributed by atoms with van der Waals surface area (Å²) in [6.07, 6.45) is 1.96. The third-order valence-electron chi connectivity index (χ3n) is 4.06. The fourth-order valence-electron chi connectivity index (χ4n) is 2.75. The number of carbonyl (C=O) groups is 1. The number of nitrogens with zero attached hydrogens (tertiary/aromatic N) is 4. The van der Waals surface area contributed by atoms with E-state index in [-0.39, 0.29) is 12.3 Å². The number of carbonyl (C=O) groups excluding carboxylic acids is 1. The van der Waals surface area contributed by atoms with Crippen molar-refractivity contribution in [3.8, 4) is 10.7 Å². The fourth-order valence-corrected chi connectivity index (χ4v) is 4.26. The standard InChI is InChI=1S/C18H19N5O2S2/c24-16(9-13-11-26-17(20-13)15-3-1-2-4-19-15)22-18-21-14(12-27-18)10-23-5-7-25-8-6-23/h1-4,11-12H,5-10H2,(H,21,22,24). The molecule has 1 N–H and O–H groups in total. The maximum atomic E-state index is 12.3. The van der Waals surface area contributed by atoms with Gasteiger partial charge >= 0.3 is 0 Å². The number of ether oxygens (including phenoxy) is 1. The Balaban J connectivity index is 1.31. The molecule has 0 aromatic carbocycles. The summed E-state index contributed by atoms with van der Waals surface area (Å²) in [4.78, 5) is 27.9. The minimum atomic E-state index is -0.111. The molecule has 0 unspecified atom stereocenters. The van der Waals surface area contributed by atoms with E-state index in [9.17, 15) is 4.79 Å². The van der Waals surface area contributed by atoms with E-state index < -0.39 is 0 Å². The molecular weight excluding hydrogens is 382 g/mol. The maximum Gasteiger partial charge on any atom is 0.232 e. The van der Waals surface area contributed by atoms with Crippen LogP contribution in [0.3, 0.4) is 0 Å². The first-order chi connectivity index (χ1) is 13.3. The Morgan fingerprint density at radius 1 is 1.15 bits per heavy atom. The van der Waals surface area contributed by atoms with Crippen molar-refractivity contribution in [3.05, 3.63) is 46.5 Å². The molecule has 0 atom stereocenters. The molecule has 3 aromatic rings. The van der Waals surface area contributed by atoms with Gasteiger partial charge in [-0.2, -0.15) is 0 Å². The average molecular weight is 402 g/mol. The second kappa shape index (κ2) is 8.66. The summed E-state index contributed by atoms with van der Waals surface area (Å²) in [5.41, 5.74) is 2.54. The number of anilines is 1. The van der Waals surface area contributed by atoms with Gasteiger partial charge in [0.15, 0.2) is 5.13 Å². The monoisotopic (exact) mass is 401 g/mol. The Labute approximate surface area is 165 Å². The van der Waals surface area contributed by atoms with Crippen LogP contribution in [0.1, 0.15) is 11.4 Å². The number of hydrogen-bond acceptors (Lipinski definition) is 8. The Morgan fingerprint density at radius 2 is 2.00 bits per heavy atom. The van der Waals surface area contributed by atoms with Gasteiger partial charge in [-0.25, -0.2) is 9.97 Å². The lowest BCUT2D eigenvalue weighted by molar-refractivity contribution is -0.115. The number of morpholine rings is 1. The minimum Gasteiger partial charge on any atom is -0.379 e. The first-order valence-electron chi connectivity index (χ1n) is 8.66. The average Bonchev–Trinajstić information content (AvgIpc) is 3.33. The second-order valence-electron chi connectivity index (χ2n) is 6.12. The largest absolute Gasteiger partial charge is 0.379 e. The molecule has 0 aliphatic carbocycles. The van der Waals surface area contributed by atoms with Crippen molar-refractivity contribution in [2.75, 3.05) is 31.6 Å². The van der Waals surface area contributed by atoms with Gasteiger partial charge in [0.25, 0.3) is 0 Å². The number of amides is 1. The van der Waals surface area contributed by atoms with Gasteiger partial charge in [0.2, 0.25) is 5.91 Å². The van der Waals surface area contributed by atoms with Gasteiger partial charge in [0.05, 0.1) is 36.7 Å². The summed E-state index contributed by atoms with van der Waals surface area (Å²) in [6.45, 7) is 4.16. The predicted molar refractivity (Wildman–Crippen MR) is 106 cm³/mol. The minimum absolute atomic E-state index is 0.111. The molecule has 0 bridgehead atoms. The van der Waals surface area contributed by atoms with E-state index in [0.29, 0.717) is 5.13 Å². The highest BCUT2D eigenvalue weighted by Gasteiger charge is 2.14. The lowest BCUT2D eigenvalue weighted by Crippen LogP contribution is -2.35. The van der Waals surface area contributed by atoms with Crippen molar-refractivity contribution >= 4 is 33.7 Å². The highest BCUT2D eigenvalue weighted by atomic mass is 32.1. The Kier molecular flexibility index (Phi) is 5.83. The molecule has 27 heavy (non-hydrogen) atoms. The topological polar surface area (TPSA) is 80.2 Å². The van der Waals surface area contributed by atoms with Crippen molar-refractivity contribution in [2.45, 2.75) is 13.0 Å². The van der Waals surface area contributed by atoms with Crippen LogP contribution in [-0.4, -0.2) is 52.1 Å². The van der Waals surface area contributed by atoms with Gasteiger partial charge < -0.3 is 10.1 Å². The van der Waals surface area contributed by atoms with E-state index in [4.69, 9.17) is 4.74 Å². The van der Waals surface area contributed by atoms with Crippen LogP contribution in [-0.2, 0) is 22.5 Å². The van der Waals surface area contributed by atoms with E-state index in [1.165, 1.54) is 22.7 Å². The molecule has 9 heteroatoms. The normalized spacial score (nSPS) is 15.0. The molecule has 1 saturated heterocycles. The SMILES string of the molecule is O=C(Cc1csc(-c2ccccn2)n1)Nc1nc(CN2CCOCC2)cs1. The molecule has 1 fully saturated rings. The summed E-state index contributed by atoms with van der Waals surface area (Å²) >= 11 is 2.94. The number of pyridine rings is 1. The summed E-state index contributed by atoms with van der Waals surface area (Å²) < 4.78 is 5.36. The molecule has 0 spiro atoms. The van der Waals surface area contributed by atoms with Crippen molar-refractivity contribution in [2.24, 2.45) is 0 Å². The van der Waals surface area contributed by atoms with Gasteiger partial charge in [-0.3, -0.25) is 14.7 Å². The van der Waals surface area contributed by atoms with Crippen LogP contribution in [0.15, 0.2) is 35.2 Å². The van der Waals surface area contributed by atoms with E-state index in [2.05, 4.69) is 25.2 Å². The molecular formula is C18H19N5O2S2. The van der Waals surface area contributed by atoms with Gasteiger partial charge in [-0.1, -0.05) is 6.07 Å². The molecule has 4 rings (SSSR count). The van der Waals surface area contributed by atoms with Crippen molar-refractivity contribution in [1.29, 1.82) is 0 Å². The third-order valence-corrected chi connectivity index (χ3v) is 5.78. The van der Waals surface area contributed by atoms with Crippen LogP contribution < -0.4 is 5.32 Å². The highest BCUT2D eigenvalue weighted by molar-refractivity contribution is 7.14. The highest BCUT2D eigenvalue weighted by Crippen LogP contribution is 2.22. The molecule has 1 amide bonds. The zero-order valence-electron chi connectivity index (χ0n) is 14.6.